The van der Waals surface area contributed by atoms with Crippen LogP contribution >= 0.6 is 11.3 Å². The van der Waals surface area contributed by atoms with Gasteiger partial charge in [0.1, 0.15) is 11.5 Å². The van der Waals surface area contributed by atoms with Crippen molar-refractivity contribution in [3.05, 3.63) is 35.8 Å². The van der Waals surface area contributed by atoms with Crippen molar-refractivity contribution in [3.63, 3.8) is 0 Å². The molecule has 0 aliphatic rings. The topological polar surface area (TPSA) is 113 Å². The van der Waals surface area contributed by atoms with Gasteiger partial charge in [0.25, 0.3) is 5.78 Å². The van der Waals surface area contributed by atoms with Crippen molar-refractivity contribution in [2.75, 3.05) is 7.11 Å². The standard InChI is InChI=1S/C16H12N8O2S/c1-8-17-15-20-19-13-10(7-12(25)26-2)22-24(14(13)23(15)21-8)16-18-9-5-3-4-6-11(9)27-16/h3-6H,7H2,1-2H3. The molecule has 0 bridgehead atoms. The number of nitrogens with zero attached hydrogens (tertiary/aromatic N) is 8. The van der Waals surface area contributed by atoms with Gasteiger partial charge in [-0.05, 0) is 19.1 Å². The Bertz CT molecular complexity index is 1300. The number of thiazole rings is 1. The zero-order valence-electron chi connectivity index (χ0n) is 14.3. The summed E-state index contributed by atoms with van der Waals surface area (Å²) >= 11 is 1.48. The molecular weight excluding hydrogens is 368 g/mol. The van der Waals surface area contributed by atoms with Crippen LogP contribution in [0.15, 0.2) is 24.3 Å². The van der Waals surface area contributed by atoms with Crippen molar-refractivity contribution in [2.24, 2.45) is 0 Å². The van der Waals surface area contributed by atoms with Gasteiger partial charge in [0, 0.05) is 0 Å². The molecule has 0 saturated heterocycles. The van der Waals surface area contributed by atoms with Crippen LogP contribution in [0.3, 0.4) is 0 Å². The Kier molecular flexibility index (Phi) is 3.37. The molecule has 0 saturated carbocycles. The molecule has 4 heterocycles. The first-order valence-electron chi connectivity index (χ1n) is 8.04. The third-order valence-corrected chi connectivity index (χ3v) is 5.06. The van der Waals surface area contributed by atoms with Gasteiger partial charge in [-0.1, -0.05) is 23.5 Å². The molecule has 0 aliphatic heterocycles. The molecule has 134 valence electrons. The summed E-state index contributed by atoms with van der Waals surface area (Å²) in [5.41, 5.74) is 2.32. The number of esters is 1. The molecule has 0 spiro atoms. The number of methoxy groups -OCH3 is 1. The van der Waals surface area contributed by atoms with Crippen LogP contribution in [0.4, 0.5) is 0 Å². The highest BCUT2D eigenvalue weighted by Crippen LogP contribution is 2.28. The molecule has 0 fully saturated rings. The van der Waals surface area contributed by atoms with E-state index in [1.165, 1.54) is 18.4 Å². The Hall–Kier alpha value is -3.47. The molecule has 10 nitrogen and oxygen atoms in total. The Morgan fingerprint density at radius 3 is 2.85 bits per heavy atom. The lowest BCUT2D eigenvalue weighted by molar-refractivity contribution is -0.139. The minimum absolute atomic E-state index is 0.0290. The van der Waals surface area contributed by atoms with E-state index < -0.39 is 5.97 Å². The summed E-state index contributed by atoms with van der Waals surface area (Å²) in [5, 5.41) is 17.9. The highest BCUT2D eigenvalue weighted by atomic mass is 32.1. The Morgan fingerprint density at radius 2 is 2.04 bits per heavy atom. The summed E-state index contributed by atoms with van der Waals surface area (Å²) in [5.74, 6) is 0.498. The summed E-state index contributed by atoms with van der Waals surface area (Å²) in [4.78, 5) is 20.7. The van der Waals surface area contributed by atoms with E-state index in [-0.39, 0.29) is 6.42 Å². The maximum Gasteiger partial charge on any atom is 0.311 e. The smallest absolute Gasteiger partial charge is 0.311 e. The van der Waals surface area contributed by atoms with Gasteiger partial charge in [-0.2, -0.15) is 19.3 Å². The summed E-state index contributed by atoms with van der Waals surface area (Å²) in [7, 11) is 1.33. The number of ether oxygens (including phenoxy) is 1. The molecule has 0 aliphatic carbocycles. The second-order valence-electron chi connectivity index (χ2n) is 5.82. The first kappa shape index (κ1) is 15.8. The van der Waals surface area contributed by atoms with Crippen molar-refractivity contribution in [3.8, 4) is 5.13 Å². The predicted molar refractivity (Wildman–Crippen MR) is 96.8 cm³/mol. The molecule has 0 amide bonds. The molecule has 0 N–H and O–H groups in total. The predicted octanol–water partition coefficient (Wildman–Crippen LogP) is 1.49. The Balaban J connectivity index is 1.83. The molecule has 0 atom stereocenters. The third-order valence-electron chi connectivity index (χ3n) is 4.05. The van der Waals surface area contributed by atoms with E-state index in [4.69, 9.17) is 4.74 Å². The summed E-state index contributed by atoms with van der Waals surface area (Å²) in [6, 6.07) is 7.82. The van der Waals surface area contributed by atoms with Gasteiger partial charge in [0.2, 0.25) is 5.13 Å². The first-order valence-corrected chi connectivity index (χ1v) is 8.86. The quantitative estimate of drug-likeness (QED) is 0.433. The van der Waals surface area contributed by atoms with Crippen LogP contribution in [0.25, 0.3) is 32.3 Å². The van der Waals surface area contributed by atoms with E-state index >= 15 is 0 Å². The van der Waals surface area contributed by atoms with Gasteiger partial charge in [-0.3, -0.25) is 4.79 Å². The highest BCUT2D eigenvalue weighted by Gasteiger charge is 2.22. The maximum absolute atomic E-state index is 11.8. The molecule has 1 aromatic carbocycles. The Morgan fingerprint density at radius 1 is 1.19 bits per heavy atom. The number of aromatic nitrogens is 8. The van der Waals surface area contributed by atoms with E-state index in [1.807, 2.05) is 24.3 Å². The van der Waals surface area contributed by atoms with Gasteiger partial charge in [0.15, 0.2) is 11.2 Å². The number of rotatable bonds is 3. The molecule has 0 unspecified atom stereocenters. The van der Waals surface area contributed by atoms with Gasteiger partial charge in [-0.25, -0.2) is 4.98 Å². The normalized spacial score (nSPS) is 11.6. The van der Waals surface area contributed by atoms with Gasteiger partial charge >= 0.3 is 5.97 Å². The molecule has 4 aromatic heterocycles. The summed E-state index contributed by atoms with van der Waals surface area (Å²) in [6.45, 7) is 1.77. The number of fused-ring (bicyclic) bond motifs is 4. The van der Waals surface area contributed by atoms with Crippen LogP contribution in [-0.2, 0) is 16.0 Å². The van der Waals surface area contributed by atoms with Crippen LogP contribution in [0.5, 0.6) is 0 Å². The van der Waals surface area contributed by atoms with Gasteiger partial charge in [0.05, 0.1) is 23.7 Å². The molecule has 27 heavy (non-hydrogen) atoms. The highest BCUT2D eigenvalue weighted by molar-refractivity contribution is 7.20. The lowest BCUT2D eigenvalue weighted by atomic mass is 10.3. The average molecular weight is 380 g/mol. The van der Waals surface area contributed by atoms with Crippen LogP contribution in [0.2, 0.25) is 0 Å². The van der Waals surface area contributed by atoms with Crippen molar-refractivity contribution in [1.82, 2.24) is 39.6 Å². The fraction of sp³-hybridized carbons (Fsp3) is 0.188. The number of hydrogen-bond donors (Lipinski definition) is 0. The number of aryl methyl sites for hydroxylation is 1. The maximum atomic E-state index is 11.8. The van der Waals surface area contributed by atoms with Crippen molar-refractivity contribution in [1.29, 1.82) is 0 Å². The summed E-state index contributed by atoms with van der Waals surface area (Å²) < 4.78 is 9.00. The number of benzene rings is 1. The number of carbonyl (C=O) groups excluding carboxylic acids is 1. The van der Waals surface area contributed by atoms with E-state index in [0.29, 0.717) is 33.6 Å². The SMILES string of the molecule is COC(=O)Cc1nn(-c2nc3ccccc3s2)c2c1nnc1nc(C)nn12. The average Bonchev–Trinajstić information content (AvgIpc) is 3.34. The largest absolute Gasteiger partial charge is 0.469 e. The van der Waals surface area contributed by atoms with E-state index in [0.717, 1.165) is 10.2 Å². The summed E-state index contributed by atoms with van der Waals surface area (Å²) in [6.07, 6.45) is -0.0290. The number of hydrogen-bond acceptors (Lipinski definition) is 9. The first-order chi connectivity index (χ1) is 13.1. The lowest BCUT2D eigenvalue weighted by Gasteiger charge is -1.98. The Labute approximate surface area is 155 Å². The van der Waals surface area contributed by atoms with E-state index in [9.17, 15) is 4.79 Å². The molecule has 11 heteroatoms. The second kappa shape index (κ2) is 5.77. The van der Waals surface area contributed by atoms with Crippen LogP contribution in [0, 0.1) is 6.92 Å². The molecule has 5 aromatic rings. The van der Waals surface area contributed by atoms with Crippen molar-refractivity contribution >= 4 is 44.5 Å². The van der Waals surface area contributed by atoms with Crippen molar-refractivity contribution < 1.29 is 9.53 Å². The minimum Gasteiger partial charge on any atom is -0.469 e. The lowest BCUT2D eigenvalue weighted by Crippen LogP contribution is -2.06. The van der Waals surface area contributed by atoms with Crippen LogP contribution in [-0.4, -0.2) is 52.6 Å². The number of para-hydroxylation sites is 1. The molecular formula is C16H12N8O2S. The monoisotopic (exact) mass is 380 g/mol. The fourth-order valence-corrected chi connectivity index (χ4v) is 3.77. The van der Waals surface area contributed by atoms with Crippen LogP contribution in [0.1, 0.15) is 11.5 Å². The van der Waals surface area contributed by atoms with Gasteiger partial charge in [-0.15, -0.1) is 15.3 Å². The zero-order chi connectivity index (χ0) is 18.5. The minimum atomic E-state index is -0.414. The molecule has 5 rings (SSSR count). The van der Waals surface area contributed by atoms with E-state index in [1.54, 1.807) is 16.1 Å². The van der Waals surface area contributed by atoms with E-state index in [2.05, 4.69) is 30.4 Å². The van der Waals surface area contributed by atoms with Crippen LogP contribution < -0.4 is 0 Å². The fourth-order valence-electron chi connectivity index (χ4n) is 2.85. The second-order valence-corrected chi connectivity index (χ2v) is 6.83. The third kappa shape index (κ3) is 2.43. The van der Waals surface area contributed by atoms with Crippen molar-refractivity contribution in [2.45, 2.75) is 13.3 Å². The van der Waals surface area contributed by atoms with Gasteiger partial charge < -0.3 is 4.74 Å². The number of carbonyl (C=O) groups is 1. The zero-order valence-corrected chi connectivity index (χ0v) is 15.1. The molecule has 0 radical (unpaired) electrons.